The van der Waals surface area contributed by atoms with E-state index in [2.05, 4.69) is 27.9 Å². The lowest BCUT2D eigenvalue weighted by atomic mass is 10.2. The van der Waals surface area contributed by atoms with Crippen LogP contribution in [-0.4, -0.2) is 32.8 Å². The second-order valence-electron chi connectivity index (χ2n) is 5.19. The van der Waals surface area contributed by atoms with Gasteiger partial charge in [-0.3, -0.25) is 4.79 Å². The Morgan fingerprint density at radius 1 is 1.26 bits per heavy atom. The van der Waals surface area contributed by atoms with E-state index in [4.69, 9.17) is 0 Å². The van der Waals surface area contributed by atoms with E-state index >= 15 is 0 Å². The highest BCUT2D eigenvalue weighted by Gasteiger charge is 2.21. The molecule has 3 aromatic rings. The van der Waals surface area contributed by atoms with E-state index in [9.17, 15) is 4.79 Å². The van der Waals surface area contributed by atoms with Gasteiger partial charge in [0.15, 0.2) is 10.8 Å². The van der Waals surface area contributed by atoms with E-state index in [0.29, 0.717) is 22.3 Å². The predicted octanol–water partition coefficient (Wildman–Crippen LogP) is 3.55. The molecule has 0 aliphatic rings. The maximum Gasteiger partial charge on any atom is 0.265 e. The molecule has 5 nitrogen and oxygen atoms in total. The minimum Gasteiger partial charge on any atom is -0.336 e. The molecule has 0 saturated carbocycles. The molecule has 0 saturated heterocycles. The number of thiazole rings is 1. The number of amides is 1. The lowest BCUT2D eigenvalue weighted by Gasteiger charge is -2.16. The summed E-state index contributed by atoms with van der Waals surface area (Å²) >= 11 is 3.01. The highest BCUT2D eigenvalue weighted by Crippen LogP contribution is 2.27. The summed E-state index contributed by atoms with van der Waals surface area (Å²) in [6.07, 6.45) is 3.35. The van der Waals surface area contributed by atoms with Crippen molar-refractivity contribution in [1.82, 2.24) is 19.9 Å². The molecule has 0 bridgehead atoms. The number of aryl methyl sites for hydroxylation is 2. The van der Waals surface area contributed by atoms with E-state index in [1.54, 1.807) is 34.7 Å². The Morgan fingerprint density at radius 2 is 2.00 bits per heavy atom. The highest BCUT2D eigenvalue weighted by molar-refractivity contribution is 7.17. The zero-order chi connectivity index (χ0) is 16.4. The zero-order valence-corrected chi connectivity index (χ0v) is 14.7. The Hall–Kier alpha value is -2.12. The summed E-state index contributed by atoms with van der Waals surface area (Å²) in [7, 11) is 1.82. The predicted molar refractivity (Wildman–Crippen MR) is 92.7 cm³/mol. The van der Waals surface area contributed by atoms with Crippen LogP contribution in [0.15, 0.2) is 29.9 Å². The molecule has 7 heteroatoms. The van der Waals surface area contributed by atoms with Crippen LogP contribution in [0, 0.1) is 13.8 Å². The molecule has 0 spiro atoms. The first-order valence-corrected chi connectivity index (χ1v) is 8.79. The van der Waals surface area contributed by atoms with Crippen LogP contribution in [0.5, 0.6) is 0 Å². The van der Waals surface area contributed by atoms with Crippen molar-refractivity contribution in [2.24, 2.45) is 0 Å². The maximum absolute atomic E-state index is 12.7. The van der Waals surface area contributed by atoms with E-state index in [1.165, 1.54) is 21.8 Å². The Kier molecular flexibility index (Phi) is 4.49. The molecule has 1 amide bonds. The fraction of sp³-hybridized carbons (Fsp3) is 0.250. The topological polar surface area (TPSA) is 59.0 Å². The summed E-state index contributed by atoms with van der Waals surface area (Å²) in [6, 6.07) is 3.83. The van der Waals surface area contributed by atoms with Crippen LogP contribution in [0.3, 0.4) is 0 Å². The minimum atomic E-state index is -0.0185. The molecular formula is C16H16N4OS2. The molecule has 3 aromatic heterocycles. The summed E-state index contributed by atoms with van der Waals surface area (Å²) in [5, 5.41) is 2.72. The molecular weight excluding hydrogens is 328 g/mol. The third-order valence-corrected chi connectivity index (χ3v) is 5.59. The van der Waals surface area contributed by atoms with Crippen molar-refractivity contribution in [3.8, 4) is 10.8 Å². The van der Waals surface area contributed by atoms with Gasteiger partial charge in [-0.25, -0.2) is 15.0 Å². The second kappa shape index (κ2) is 6.55. The Labute approximate surface area is 142 Å². The number of thiophene rings is 1. The zero-order valence-electron chi connectivity index (χ0n) is 13.1. The Balaban J connectivity index is 1.82. The molecule has 0 fully saturated rings. The van der Waals surface area contributed by atoms with Crippen molar-refractivity contribution < 1.29 is 4.79 Å². The van der Waals surface area contributed by atoms with Crippen LogP contribution < -0.4 is 0 Å². The molecule has 0 aromatic carbocycles. The van der Waals surface area contributed by atoms with Crippen LogP contribution in [0.1, 0.15) is 25.8 Å². The fourth-order valence-corrected chi connectivity index (χ4v) is 4.09. The average molecular weight is 344 g/mol. The summed E-state index contributed by atoms with van der Waals surface area (Å²) < 4.78 is 0. The monoisotopic (exact) mass is 344 g/mol. The van der Waals surface area contributed by atoms with Gasteiger partial charge in [-0.2, -0.15) is 0 Å². The molecule has 0 unspecified atom stereocenters. The van der Waals surface area contributed by atoms with Crippen LogP contribution in [-0.2, 0) is 6.54 Å². The van der Waals surface area contributed by atoms with Crippen LogP contribution in [0.4, 0.5) is 0 Å². The van der Waals surface area contributed by atoms with Crippen molar-refractivity contribution in [2.45, 2.75) is 20.4 Å². The lowest BCUT2D eigenvalue weighted by molar-refractivity contribution is 0.0790. The number of nitrogens with zero attached hydrogens (tertiary/aromatic N) is 4. The van der Waals surface area contributed by atoms with Gasteiger partial charge in [0.25, 0.3) is 5.91 Å². The largest absolute Gasteiger partial charge is 0.336 e. The average Bonchev–Trinajstić information content (AvgIpc) is 3.14. The fourth-order valence-electron chi connectivity index (χ4n) is 2.13. The van der Waals surface area contributed by atoms with E-state index in [1.807, 2.05) is 19.4 Å². The summed E-state index contributed by atoms with van der Waals surface area (Å²) in [6.45, 7) is 4.52. The number of aromatic nitrogens is 3. The minimum absolute atomic E-state index is 0.0185. The number of rotatable bonds is 4. The van der Waals surface area contributed by atoms with Crippen molar-refractivity contribution in [2.75, 3.05) is 7.05 Å². The first kappa shape index (κ1) is 15.8. The molecule has 3 rings (SSSR count). The Morgan fingerprint density at radius 3 is 2.65 bits per heavy atom. The third-order valence-electron chi connectivity index (χ3n) is 3.44. The standard InChI is InChI=1S/C16H16N4OS2/c1-10-5-8-22-12(10)9-20(3)16(21)13-11(2)19-15(23-13)14-17-6-4-7-18-14/h4-8H,9H2,1-3H3. The van der Waals surface area contributed by atoms with Gasteiger partial charge >= 0.3 is 0 Å². The van der Waals surface area contributed by atoms with Crippen LogP contribution in [0.2, 0.25) is 0 Å². The molecule has 0 N–H and O–H groups in total. The van der Waals surface area contributed by atoms with Crippen LogP contribution >= 0.6 is 22.7 Å². The third kappa shape index (κ3) is 3.30. The van der Waals surface area contributed by atoms with Gasteiger partial charge in [0.1, 0.15) is 4.88 Å². The highest BCUT2D eigenvalue weighted by atomic mass is 32.1. The van der Waals surface area contributed by atoms with E-state index in [0.717, 1.165) is 5.69 Å². The normalized spacial score (nSPS) is 10.7. The van der Waals surface area contributed by atoms with Gasteiger partial charge in [0, 0.05) is 24.3 Å². The first-order chi connectivity index (χ1) is 11.1. The van der Waals surface area contributed by atoms with E-state index in [-0.39, 0.29) is 5.91 Å². The molecule has 0 aliphatic heterocycles. The summed E-state index contributed by atoms with van der Waals surface area (Å²) in [4.78, 5) is 29.1. The van der Waals surface area contributed by atoms with Gasteiger partial charge < -0.3 is 4.90 Å². The lowest BCUT2D eigenvalue weighted by Crippen LogP contribution is -2.25. The molecule has 23 heavy (non-hydrogen) atoms. The molecule has 118 valence electrons. The van der Waals surface area contributed by atoms with Crippen molar-refractivity contribution in [3.63, 3.8) is 0 Å². The van der Waals surface area contributed by atoms with Gasteiger partial charge in [-0.05, 0) is 36.9 Å². The van der Waals surface area contributed by atoms with Crippen molar-refractivity contribution in [3.05, 3.63) is 50.9 Å². The molecule has 0 radical (unpaired) electrons. The Bertz CT molecular complexity index is 826. The smallest absolute Gasteiger partial charge is 0.265 e. The maximum atomic E-state index is 12.7. The summed E-state index contributed by atoms with van der Waals surface area (Å²) in [5.74, 6) is 0.534. The molecule has 3 heterocycles. The SMILES string of the molecule is Cc1ccsc1CN(C)C(=O)c1sc(-c2ncccn2)nc1C. The van der Waals surface area contributed by atoms with Crippen molar-refractivity contribution in [1.29, 1.82) is 0 Å². The second-order valence-corrected chi connectivity index (χ2v) is 7.19. The first-order valence-electron chi connectivity index (χ1n) is 7.09. The molecule has 0 atom stereocenters. The summed E-state index contributed by atoms with van der Waals surface area (Å²) in [5.41, 5.74) is 1.94. The number of carbonyl (C=O) groups excluding carboxylic acids is 1. The van der Waals surface area contributed by atoms with E-state index < -0.39 is 0 Å². The number of hydrogen-bond acceptors (Lipinski definition) is 6. The molecule has 0 aliphatic carbocycles. The van der Waals surface area contributed by atoms with Gasteiger partial charge in [-0.1, -0.05) is 0 Å². The number of carbonyl (C=O) groups is 1. The van der Waals surface area contributed by atoms with Gasteiger partial charge in [-0.15, -0.1) is 22.7 Å². The van der Waals surface area contributed by atoms with Gasteiger partial charge in [0.2, 0.25) is 0 Å². The van der Waals surface area contributed by atoms with Crippen molar-refractivity contribution >= 4 is 28.6 Å². The van der Waals surface area contributed by atoms with Gasteiger partial charge in [0.05, 0.1) is 12.2 Å². The number of hydrogen-bond donors (Lipinski definition) is 0. The van der Waals surface area contributed by atoms with Crippen LogP contribution in [0.25, 0.3) is 10.8 Å². The quantitative estimate of drug-likeness (QED) is 0.726.